The van der Waals surface area contributed by atoms with Gasteiger partial charge >= 0.3 is 0 Å². The summed E-state index contributed by atoms with van der Waals surface area (Å²) < 4.78 is 0. The van der Waals surface area contributed by atoms with Crippen molar-refractivity contribution in [2.24, 2.45) is 0 Å². The van der Waals surface area contributed by atoms with E-state index in [0.717, 1.165) is 30.4 Å². The average molecular weight is 314 g/mol. The molecule has 0 aliphatic heterocycles. The SMILES string of the molecule is C=Cc1ccc(CNC(=O)CCCCCNC(=O)C(=C)C)cc1. The zero-order chi connectivity index (χ0) is 17.1. The number of benzene rings is 1. The maximum atomic E-state index is 11.8. The summed E-state index contributed by atoms with van der Waals surface area (Å²) >= 11 is 0. The Labute approximate surface area is 138 Å². The van der Waals surface area contributed by atoms with Crippen molar-refractivity contribution >= 4 is 17.9 Å². The summed E-state index contributed by atoms with van der Waals surface area (Å²) in [5, 5.41) is 5.69. The second kappa shape index (κ2) is 10.4. The molecule has 2 N–H and O–H groups in total. The summed E-state index contributed by atoms with van der Waals surface area (Å²) in [5.74, 6) is -0.0472. The van der Waals surface area contributed by atoms with E-state index in [1.807, 2.05) is 24.3 Å². The Morgan fingerprint density at radius 3 is 2.39 bits per heavy atom. The van der Waals surface area contributed by atoms with E-state index in [4.69, 9.17) is 0 Å². The van der Waals surface area contributed by atoms with E-state index in [1.165, 1.54) is 0 Å². The van der Waals surface area contributed by atoms with Crippen molar-refractivity contribution < 1.29 is 9.59 Å². The lowest BCUT2D eigenvalue weighted by Crippen LogP contribution is -2.25. The van der Waals surface area contributed by atoms with Gasteiger partial charge in [0.25, 0.3) is 0 Å². The standard InChI is InChI=1S/C19H26N2O2/c1-4-16-9-11-17(12-10-16)14-21-18(22)8-6-5-7-13-20-19(23)15(2)3/h4,9-12H,1-2,5-8,13-14H2,3H3,(H,20,23)(H,21,22). The molecule has 124 valence electrons. The van der Waals surface area contributed by atoms with Crippen LogP contribution in [-0.4, -0.2) is 18.4 Å². The molecule has 1 rings (SSSR count). The van der Waals surface area contributed by atoms with Gasteiger partial charge in [-0.2, -0.15) is 0 Å². The zero-order valence-corrected chi connectivity index (χ0v) is 13.9. The zero-order valence-electron chi connectivity index (χ0n) is 13.9. The van der Waals surface area contributed by atoms with Gasteiger partial charge in [0.15, 0.2) is 0 Å². The van der Waals surface area contributed by atoms with Crippen LogP contribution in [0.15, 0.2) is 43.0 Å². The number of carbonyl (C=O) groups excluding carboxylic acids is 2. The van der Waals surface area contributed by atoms with Crippen LogP contribution in [0.1, 0.15) is 43.7 Å². The number of hydrogen-bond donors (Lipinski definition) is 2. The highest BCUT2D eigenvalue weighted by Crippen LogP contribution is 2.05. The molecule has 4 heteroatoms. The molecule has 23 heavy (non-hydrogen) atoms. The Balaban J connectivity index is 2.09. The molecule has 2 amide bonds. The van der Waals surface area contributed by atoms with Gasteiger partial charge in [0.2, 0.25) is 11.8 Å². The summed E-state index contributed by atoms with van der Waals surface area (Å²) in [7, 11) is 0. The molecule has 0 saturated heterocycles. The van der Waals surface area contributed by atoms with Gasteiger partial charge in [0, 0.05) is 25.1 Å². The van der Waals surface area contributed by atoms with Crippen LogP contribution in [-0.2, 0) is 16.1 Å². The fourth-order valence-corrected chi connectivity index (χ4v) is 2.00. The number of carbonyl (C=O) groups is 2. The molecule has 0 aliphatic carbocycles. The van der Waals surface area contributed by atoms with Crippen molar-refractivity contribution in [1.82, 2.24) is 10.6 Å². The quantitative estimate of drug-likeness (QED) is 0.515. The largest absolute Gasteiger partial charge is 0.352 e. The second-order valence-corrected chi connectivity index (χ2v) is 5.57. The van der Waals surface area contributed by atoms with Crippen LogP contribution in [0.3, 0.4) is 0 Å². The van der Waals surface area contributed by atoms with Crippen LogP contribution in [0.5, 0.6) is 0 Å². The van der Waals surface area contributed by atoms with Crippen LogP contribution < -0.4 is 10.6 Å². The molecule has 0 aliphatic rings. The van der Waals surface area contributed by atoms with E-state index in [9.17, 15) is 9.59 Å². The number of hydrogen-bond acceptors (Lipinski definition) is 2. The fraction of sp³-hybridized carbons (Fsp3) is 0.368. The normalized spacial score (nSPS) is 9.96. The van der Waals surface area contributed by atoms with Crippen molar-refractivity contribution in [3.63, 3.8) is 0 Å². The first kappa shape index (κ1) is 18.7. The van der Waals surface area contributed by atoms with Crippen molar-refractivity contribution in [3.8, 4) is 0 Å². The molecule has 0 fully saturated rings. The molecule has 0 aromatic heterocycles. The average Bonchev–Trinajstić information content (AvgIpc) is 2.56. The van der Waals surface area contributed by atoms with Crippen molar-refractivity contribution in [3.05, 3.63) is 54.1 Å². The van der Waals surface area contributed by atoms with E-state index in [2.05, 4.69) is 23.8 Å². The van der Waals surface area contributed by atoms with E-state index < -0.39 is 0 Å². The first-order valence-electron chi connectivity index (χ1n) is 7.94. The smallest absolute Gasteiger partial charge is 0.246 e. The molecular formula is C19H26N2O2. The number of rotatable bonds is 10. The fourth-order valence-electron chi connectivity index (χ4n) is 2.00. The molecule has 0 atom stereocenters. The van der Waals surface area contributed by atoms with Crippen molar-refractivity contribution in [2.45, 2.75) is 39.2 Å². The molecule has 0 unspecified atom stereocenters. The van der Waals surface area contributed by atoms with E-state index >= 15 is 0 Å². The predicted molar refractivity (Wildman–Crippen MR) is 94.7 cm³/mol. The van der Waals surface area contributed by atoms with Gasteiger partial charge in [-0.05, 0) is 30.9 Å². The van der Waals surface area contributed by atoms with Gasteiger partial charge < -0.3 is 10.6 Å². The maximum Gasteiger partial charge on any atom is 0.246 e. The minimum atomic E-state index is -0.106. The van der Waals surface area contributed by atoms with Gasteiger partial charge in [-0.3, -0.25) is 9.59 Å². The van der Waals surface area contributed by atoms with Gasteiger partial charge in [-0.25, -0.2) is 0 Å². The van der Waals surface area contributed by atoms with E-state index in [1.54, 1.807) is 13.0 Å². The Hall–Kier alpha value is -2.36. The van der Waals surface area contributed by atoms with E-state index in [0.29, 0.717) is 25.1 Å². The summed E-state index contributed by atoms with van der Waals surface area (Å²) in [5.41, 5.74) is 2.66. The van der Waals surface area contributed by atoms with Gasteiger partial charge in [0.1, 0.15) is 0 Å². The highest BCUT2D eigenvalue weighted by molar-refractivity contribution is 5.92. The lowest BCUT2D eigenvalue weighted by Gasteiger charge is -2.06. The summed E-state index contributed by atoms with van der Waals surface area (Å²) in [4.78, 5) is 23.0. The monoisotopic (exact) mass is 314 g/mol. The summed E-state index contributed by atoms with van der Waals surface area (Å²) in [6.07, 6.45) is 4.91. The van der Waals surface area contributed by atoms with Crippen LogP contribution in [0.4, 0.5) is 0 Å². The van der Waals surface area contributed by atoms with Crippen LogP contribution in [0, 0.1) is 0 Å². The topological polar surface area (TPSA) is 58.2 Å². The third kappa shape index (κ3) is 8.00. The maximum absolute atomic E-state index is 11.8. The highest BCUT2D eigenvalue weighted by Gasteiger charge is 2.02. The van der Waals surface area contributed by atoms with Crippen LogP contribution in [0.2, 0.25) is 0 Å². The molecule has 0 heterocycles. The Kier molecular flexibility index (Phi) is 8.43. The first-order chi connectivity index (χ1) is 11.0. The number of nitrogens with one attached hydrogen (secondary N) is 2. The molecule has 1 aromatic carbocycles. The third-order valence-corrected chi connectivity index (χ3v) is 3.46. The summed E-state index contributed by atoms with van der Waals surface area (Å²) in [6.45, 7) is 10.1. The third-order valence-electron chi connectivity index (χ3n) is 3.46. The Morgan fingerprint density at radius 2 is 1.78 bits per heavy atom. The van der Waals surface area contributed by atoms with Gasteiger partial charge in [0.05, 0.1) is 0 Å². The van der Waals surface area contributed by atoms with Gasteiger partial charge in [-0.1, -0.05) is 49.9 Å². The molecule has 0 saturated carbocycles. The number of amides is 2. The molecule has 4 nitrogen and oxygen atoms in total. The molecule has 0 spiro atoms. The second-order valence-electron chi connectivity index (χ2n) is 5.57. The summed E-state index contributed by atoms with van der Waals surface area (Å²) in [6, 6.07) is 7.94. The lowest BCUT2D eigenvalue weighted by atomic mass is 10.1. The number of unbranched alkanes of at least 4 members (excludes halogenated alkanes) is 2. The Morgan fingerprint density at radius 1 is 1.09 bits per heavy atom. The molecule has 0 bridgehead atoms. The molecular weight excluding hydrogens is 288 g/mol. The lowest BCUT2D eigenvalue weighted by molar-refractivity contribution is -0.121. The predicted octanol–water partition coefficient (Wildman–Crippen LogP) is 3.20. The molecule has 0 radical (unpaired) electrons. The highest BCUT2D eigenvalue weighted by atomic mass is 16.2. The van der Waals surface area contributed by atoms with Crippen molar-refractivity contribution in [2.75, 3.05) is 6.54 Å². The molecule has 1 aromatic rings. The van der Waals surface area contributed by atoms with Crippen LogP contribution in [0.25, 0.3) is 6.08 Å². The van der Waals surface area contributed by atoms with Gasteiger partial charge in [-0.15, -0.1) is 0 Å². The first-order valence-corrected chi connectivity index (χ1v) is 7.94. The Bertz CT molecular complexity index is 547. The minimum absolute atomic E-state index is 0.0590. The minimum Gasteiger partial charge on any atom is -0.352 e. The van der Waals surface area contributed by atoms with Crippen LogP contribution >= 0.6 is 0 Å². The van der Waals surface area contributed by atoms with E-state index in [-0.39, 0.29) is 11.8 Å². The van der Waals surface area contributed by atoms with Crippen molar-refractivity contribution in [1.29, 1.82) is 0 Å².